The number of nitrogens with zero attached hydrogens (tertiary/aromatic N) is 2. The quantitative estimate of drug-likeness (QED) is 0.736. The van der Waals surface area contributed by atoms with Gasteiger partial charge in [-0.3, -0.25) is 0 Å². The van der Waals surface area contributed by atoms with Gasteiger partial charge in [-0.15, -0.1) is 0 Å². The van der Waals surface area contributed by atoms with Crippen molar-refractivity contribution in [3.8, 4) is 0 Å². The van der Waals surface area contributed by atoms with E-state index in [0.717, 1.165) is 10.9 Å². The van der Waals surface area contributed by atoms with E-state index in [2.05, 4.69) is 0 Å². The van der Waals surface area contributed by atoms with Crippen LogP contribution in [0.5, 0.6) is 0 Å². The summed E-state index contributed by atoms with van der Waals surface area (Å²) >= 11 is 0. The predicted octanol–water partition coefficient (Wildman–Crippen LogP) is 0.741. The fourth-order valence-electron chi connectivity index (χ4n) is 2.34. The Balaban J connectivity index is 2.55. The second-order valence-electron chi connectivity index (χ2n) is 4.52. The zero-order valence-corrected chi connectivity index (χ0v) is 12.0. The number of ether oxygens (including phenoxy) is 1. The van der Waals surface area contributed by atoms with E-state index in [-0.39, 0.29) is 13.2 Å². The summed E-state index contributed by atoms with van der Waals surface area (Å²) in [5.74, 6) is -0.422. The van der Waals surface area contributed by atoms with Crippen LogP contribution in [0.15, 0.2) is 30.3 Å². The minimum Gasteiger partial charge on any atom is -0.461 e. The van der Waals surface area contributed by atoms with Gasteiger partial charge in [-0.1, -0.05) is 18.2 Å². The molecule has 1 aromatic carbocycles. The molecule has 1 heterocycles. The van der Waals surface area contributed by atoms with Gasteiger partial charge in [0.05, 0.1) is 38.4 Å². The molecule has 0 spiro atoms. The van der Waals surface area contributed by atoms with Crippen LogP contribution >= 0.6 is 0 Å². The number of hydrogen-bond donors (Lipinski definition) is 2. The molecule has 0 saturated heterocycles. The molecule has 1 aromatic heterocycles. The third-order valence-electron chi connectivity index (χ3n) is 3.17. The van der Waals surface area contributed by atoms with Crippen molar-refractivity contribution in [3.05, 3.63) is 36.0 Å². The van der Waals surface area contributed by atoms with Gasteiger partial charge in [0.25, 0.3) is 0 Å². The summed E-state index contributed by atoms with van der Waals surface area (Å²) in [5.41, 5.74) is 1.22. The molecule has 0 aliphatic rings. The molecule has 2 aromatic rings. The first kappa shape index (κ1) is 15.3. The van der Waals surface area contributed by atoms with Crippen molar-refractivity contribution in [1.82, 2.24) is 4.68 Å². The van der Waals surface area contributed by atoms with Gasteiger partial charge in [-0.25, -0.2) is 9.47 Å². The highest BCUT2D eigenvalue weighted by atomic mass is 16.5. The summed E-state index contributed by atoms with van der Waals surface area (Å²) in [6.07, 6.45) is 0. The van der Waals surface area contributed by atoms with E-state index in [1.807, 2.05) is 24.3 Å². The van der Waals surface area contributed by atoms with Gasteiger partial charge in [0.2, 0.25) is 0 Å². The molecule has 0 atom stereocenters. The number of aliphatic hydroxyl groups excluding tert-OH is 2. The molecule has 6 nitrogen and oxygen atoms in total. The van der Waals surface area contributed by atoms with Crippen molar-refractivity contribution >= 4 is 16.9 Å². The van der Waals surface area contributed by atoms with E-state index in [4.69, 9.17) is 4.74 Å². The first-order chi connectivity index (χ1) is 10.2. The SMILES string of the molecule is CCOC(=O)c1cc2ccccc2n1N(CCO)CCO. The van der Waals surface area contributed by atoms with Crippen molar-refractivity contribution < 1.29 is 19.7 Å². The fraction of sp³-hybridized carbons (Fsp3) is 0.400. The van der Waals surface area contributed by atoms with Crippen molar-refractivity contribution in [2.75, 3.05) is 37.9 Å². The van der Waals surface area contributed by atoms with Crippen LogP contribution in [0.2, 0.25) is 0 Å². The molecule has 0 aliphatic carbocycles. The van der Waals surface area contributed by atoms with Gasteiger partial charge in [0.1, 0.15) is 5.69 Å². The van der Waals surface area contributed by atoms with Gasteiger partial charge in [-0.05, 0) is 19.1 Å². The Hall–Kier alpha value is -2.05. The third kappa shape index (κ3) is 3.17. The van der Waals surface area contributed by atoms with Crippen molar-refractivity contribution in [3.63, 3.8) is 0 Å². The largest absolute Gasteiger partial charge is 0.461 e. The summed E-state index contributed by atoms with van der Waals surface area (Å²) in [4.78, 5) is 12.2. The maximum atomic E-state index is 12.2. The highest BCUT2D eigenvalue weighted by Gasteiger charge is 2.20. The normalized spacial score (nSPS) is 10.8. The number of carbonyl (C=O) groups is 1. The molecule has 21 heavy (non-hydrogen) atoms. The van der Waals surface area contributed by atoms with Crippen LogP contribution in [-0.4, -0.2) is 53.8 Å². The second-order valence-corrected chi connectivity index (χ2v) is 4.52. The Kier molecular flexibility index (Phi) is 5.19. The van der Waals surface area contributed by atoms with Crippen LogP contribution in [0.3, 0.4) is 0 Å². The first-order valence-electron chi connectivity index (χ1n) is 6.97. The molecule has 114 valence electrons. The van der Waals surface area contributed by atoms with Crippen LogP contribution in [-0.2, 0) is 4.74 Å². The van der Waals surface area contributed by atoms with Crippen molar-refractivity contribution in [2.24, 2.45) is 0 Å². The van der Waals surface area contributed by atoms with Crippen molar-refractivity contribution in [1.29, 1.82) is 0 Å². The summed E-state index contributed by atoms with van der Waals surface area (Å²) in [5, 5.41) is 21.1. The van der Waals surface area contributed by atoms with E-state index >= 15 is 0 Å². The van der Waals surface area contributed by atoms with Gasteiger partial charge >= 0.3 is 5.97 Å². The van der Waals surface area contributed by atoms with Crippen LogP contribution in [0.4, 0.5) is 0 Å². The molecule has 0 saturated carbocycles. The molecule has 6 heteroatoms. The molecule has 0 fully saturated rings. The highest BCUT2D eigenvalue weighted by molar-refractivity contribution is 5.96. The Morgan fingerprint density at radius 2 is 1.90 bits per heavy atom. The molecular weight excluding hydrogens is 272 g/mol. The Morgan fingerprint density at radius 1 is 1.24 bits per heavy atom. The fourth-order valence-corrected chi connectivity index (χ4v) is 2.34. The van der Waals surface area contributed by atoms with E-state index in [1.54, 1.807) is 22.7 Å². The molecule has 2 N–H and O–H groups in total. The molecule has 0 unspecified atom stereocenters. The lowest BCUT2D eigenvalue weighted by molar-refractivity contribution is 0.0513. The lowest BCUT2D eigenvalue weighted by Crippen LogP contribution is -2.41. The Bertz CT molecular complexity index is 603. The highest BCUT2D eigenvalue weighted by Crippen LogP contribution is 2.21. The predicted molar refractivity (Wildman–Crippen MR) is 80.0 cm³/mol. The number of aliphatic hydroxyl groups is 2. The summed E-state index contributed by atoms with van der Waals surface area (Å²) in [6.45, 7) is 2.52. The summed E-state index contributed by atoms with van der Waals surface area (Å²) in [6, 6.07) is 9.33. The average Bonchev–Trinajstić information content (AvgIpc) is 2.86. The van der Waals surface area contributed by atoms with E-state index in [1.165, 1.54) is 0 Å². The Morgan fingerprint density at radius 3 is 2.52 bits per heavy atom. The Labute approximate surface area is 123 Å². The van der Waals surface area contributed by atoms with Gasteiger partial charge < -0.3 is 20.0 Å². The van der Waals surface area contributed by atoms with Crippen LogP contribution < -0.4 is 5.01 Å². The molecule has 2 rings (SSSR count). The standard InChI is InChI=1S/C15H20N2O4/c1-2-21-15(20)14-11-12-5-3-4-6-13(12)17(14)16(7-9-18)8-10-19/h3-6,11,18-19H,2,7-10H2,1H3. The smallest absolute Gasteiger partial charge is 0.356 e. The minimum atomic E-state index is -0.422. The summed E-state index contributed by atoms with van der Waals surface area (Å²) in [7, 11) is 0. The third-order valence-corrected chi connectivity index (χ3v) is 3.17. The molecule has 0 aliphatic heterocycles. The zero-order valence-electron chi connectivity index (χ0n) is 12.0. The number of esters is 1. The van der Waals surface area contributed by atoms with Crippen LogP contribution in [0, 0.1) is 0 Å². The molecular formula is C15H20N2O4. The number of fused-ring (bicyclic) bond motifs is 1. The van der Waals surface area contributed by atoms with Gasteiger partial charge in [-0.2, -0.15) is 0 Å². The molecule has 0 bridgehead atoms. The van der Waals surface area contributed by atoms with Crippen LogP contribution in [0.1, 0.15) is 17.4 Å². The monoisotopic (exact) mass is 292 g/mol. The number of carbonyl (C=O) groups excluding carboxylic acids is 1. The molecule has 0 radical (unpaired) electrons. The van der Waals surface area contributed by atoms with E-state index in [9.17, 15) is 15.0 Å². The lowest BCUT2D eigenvalue weighted by atomic mass is 10.2. The minimum absolute atomic E-state index is 0.0746. The topological polar surface area (TPSA) is 74.9 Å². The number of hydrogen-bond acceptors (Lipinski definition) is 5. The van der Waals surface area contributed by atoms with Crippen LogP contribution in [0.25, 0.3) is 10.9 Å². The number of aromatic nitrogens is 1. The maximum absolute atomic E-state index is 12.2. The van der Waals surface area contributed by atoms with Gasteiger partial charge in [0, 0.05) is 5.39 Å². The van der Waals surface area contributed by atoms with Gasteiger partial charge in [0.15, 0.2) is 0 Å². The second kappa shape index (κ2) is 7.10. The zero-order chi connectivity index (χ0) is 15.2. The van der Waals surface area contributed by atoms with E-state index in [0.29, 0.717) is 25.4 Å². The van der Waals surface area contributed by atoms with E-state index < -0.39 is 5.97 Å². The first-order valence-corrected chi connectivity index (χ1v) is 6.97. The maximum Gasteiger partial charge on any atom is 0.356 e. The number of benzene rings is 1. The summed E-state index contributed by atoms with van der Waals surface area (Å²) < 4.78 is 6.80. The lowest BCUT2D eigenvalue weighted by Gasteiger charge is -2.27. The number of rotatable bonds is 7. The molecule has 0 amide bonds. The van der Waals surface area contributed by atoms with Crippen molar-refractivity contribution in [2.45, 2.75) is 6.92 Å². The number of para-hydroxylation sites is 1. The average molecular weight is 292 g/mol.